The van der Waals surface area contributed by atoms with Crippen molar-refractivity contribution in [3.63, 3.8) is 0 Å². The van der Waals surface area contributed by atoms with Crippen LogP contribution in [-0.2, 0) is 12.8 Å². The van der Waals surface area contributed by atoms with Crippen molar-refractivity contribution in [2.75, 3.05) is 59.3 Å². The minimum absolute atomic E-state index is 0.0811. The van der Waals surface area contributed by atoms with Crippen LogP contribution >= 0.6 is 0 Å². The van der Waals surface area contributed by atoms with Gasteiger partial charge in [-0.05, 0) is 36.1 Å². The molecule has 0 aliphatic rings. The molecule has 178 valence electrons. The van der Waals surface area contributed by atoms with Gasteiger partial charge in [-0.25, -0.2) is 0 Å². The van der Waals surface area contributed by atoms with Gasteiger partial charge in [0.25, 0.3) is 5.95 Å². The van der Waals surface area contributed by atoms with Crippen LogP contribution in [0.4, 0.5) is 35.7 Å². The first-order valence-electron chi connectivity index (χ1n) is 10.6. The molecule has 14 nitrogen and oxygen atoms in total. The second kappa shape index (κ2) is 10.8. The van der Waals surface area contributed by atoms with Gasteiger partial charge >= 0.3 is 0 Å². The zero-order chi connectivity index (χ0) is 23.8. The van der Waals surface area contributed by atoms with Crippen molar-refractivity contribution in [2.45, 2.75) is 12.8 Å². The number of anilines is 6. The van der Waals surface area contributed by atoms with Crippen LogP contribution in [0, 0.1) is 0 Å². The lowest BCUT2D eigenvalue weighted by atomic mass is 10.2. The molecule has 4 rings (SSSR count). The van der Waals surface area contributed by atoms with E-state index >= 15 is 0 Å². The summed E-state index contributed by atoms with van der Waals surface area (Å²) in [7, 11) is 3.44. The molecular weight excluding hydrogens is 440 g/mol. The Morgan fingerprint density at radius 2 is 1.44 bits per heavy atom. The van der Waals surface area contributed by atoms with Gasteiger partial charge < -0.3 is 30.5 Å². The number of hydrazine groups is 1. The van der Waals surface area contributed by atoms with Gasteiger partial charge in [-0.1, -0.05) is 0 Å². The van der Waals surface area contributed by atoms with Crippen molar-refractivity contribution >= 4 is 35.7 Å². The molecule has 0 amide bonds. The summed E-state index contributed by atoms with van der Waals surface area (Å²) in [6.45, 7) is 1.09. The summed E-state index contributed by atoms with van der Waals surface area (Å²) in [6, 6.07) is 3.81. The van der Waals surface area contributed by atoms with Crippen LogP contribution in [0.2, 0.25) is 0 Å². The molecule has 4 aromatic rings. The van der Waals surface area contributed by atoms with Crippen molar-refractivity contribution in [2.24, 2.45) is 0 Å². The van der Waals surface area contributed by atoms with Gasteiger partial charge in [0.05, 0.1) is 25.1 Å². The molecule has 0 fully saturated rings. The highest BCUT2D eigenvalue weighted by Gasteiger charge is 2.16. The standard InChI is InChI=1S/C20H26N12O2/c1-22-16-25-15(21)26-20(30-16)32(8-4-14-6-10-34-12-14)31-19-28-17(23-2)27-18(29-19)24-7-3-13-5-9-33-11-13/h5-6,9-12H,3-4,7-8H2,1-2H3,(H3,21,22,25,26,30)(H3,23,24,27,28,29,31). The summed E-state index contributed by atoms with van der Waals surface area (Å²) >= 11 is 0. The Balaban J connectivity index is 1.54. The Bertz CT molecular complexity index is 1170. The van der Waals surface area contributed by atoms with Crippen LogP contribution in [0.1, 0.15) is 11.1 Å². The van der Waals surface area contributed by atoms with E-state index in [2.05, 4.69) is 51.3 Å². The fourth-order valence-corrected chi connectivity index (χ4v) is 2.99. The summed E-state index contributed by atoms with van der Waals surface area (Å²) in [5.41, 5.74) is 11.1. The van der Waals surface area contributed by atoms with Gasteiger partial charge in [-0.15, -0.1) is 0 Å². The first-order chi connectivity index (χ1) is 16.6. The van der Waals surface area contributed by atoms with E-state index in [1.807, 2.05) is 12.1 Å². The molecule has 4 heterocycles. The summed E-state index contributed by atoms with van der Waals surface area (Å²) in [6.07, 6.45) is 8.06. The third-order valence-electron chi connectivity index (χ3n) is 4.68. The second-order valence-corrected chi connectivity index (χ2v) is 7.08. The van der Waals surface area contributed by atoms with Crippen molar-refractivity contribution < 1.29 is 8.83 Å². The number of nitrogen functional groups attached to an aromatic ring is 1. The monoisotopic (exact) mass is 466 g/mol. The Kier molecular flexibility index (Phi) is 7.17. The normalized spacial score (nSPS) is 10.6. The van der Waals surface area contributed by atoms with E-state index in [0.29, 0.717) is 49.3 Å². The lowest BCUT2D eigenvalue weighted by Gasteiger charge is -2.23. The Morgan fingerprint density at radius 1 is 0.794 bits per heavy atom. The smallest absolute Gasteiger partial charge is 0.251 e. The third-order valence-corrected chi connectivity index (χ3v) is 4.68. The maximum Gasteiger partial charge on any atom is 0.251 e. The molecule has 34 heavy (non-hydrogen) atoms. The van der Waals surface area contributed by atoms with E-state index in [4.69, 9.17) is 14.6 Å². The number of nitrogens with one attached hydrogen (secondary N) is 4. The second-order valence-electron chi connectivity index (χ2n) is 7.08. The molecule has 0 aliphatic carbocycles. The molecule has 14 heteroatoms. The van der Waals surface area contributed by atoms with Gasteiger partial charge in [0.1, 0.15) is 0 Å². The molecule has 0 saturated heterocycles. The minimum atomic E-state index is 0.0811. The van der Waals surface area contributed by atoms with Crippen LogP contribution in [0.25, 0.3) is 0 Å². The van der Waals surface area contributed by atoms with Crippen LogP contribution in [0.5, 0.6) is 0 Å². The average molecular weight is 467 g/mol. The molecule has 0 unspecified atom stereocenters. The summed E-state index contributed by atoms with van der Waals surface area (Å²) in [5, 5.41) is 10.7. The van der Waals surface area contributed by atoms with Gasteiger partial charge in [0.15, 0.2) is 0 Å². The van der Waals surface area contributed by atoms with Crippen molar-refractivity contribution in [3.05, 3.63) is 48.3 Å². The predicted molar refractivity (Wildman–Crippen MR) is 127 cm³/mol. The largest absolute Gasteiger partial charge is 0.472 e. The highest BCUT2D eigenvalue weighted by molar-refractivity contribution is 5.49. The van der Waals surface area contributed by atoms with Crippen LogP contribution < -0.4 is 32.1 Å². The number of hydrogen-bond acceptors (Lipinski definition) is 14. The van der Waals surface area contributed by atoms with Crippen molar-refractivity contribution in [3.8, 4) is 0 Å². The Labute approximate surface area is 195 Å². The highest BCUT2D eigenvalue weighted by atomic mass is 16.3. The van der Waals surface area contributed by atoms with Crippen molar-refractivity contribution in [1.29, 1.82) is 0 Å². The summed E-state index contributed by atoms with van der Waals surface area (Å²) in [4.78, 5) is 26.0. The molecule has 0 atom stereocenters. The number of furan rings is 2. The van der Waals surface area contributed by atoms with E-state index in [9.17, 15) is 0 Å². The quantitative estimate of drug-likeness (QED) is 0.190. The van der Waals surface area contributed by atoms with Crippen molar-refractivity contribution in [1.82, 2.24) is 29.9 Å². The maximum atomic E-state index is 5.88. The lowest BCUT2D eigenvalue weighted by Crippen LogP contribution is -2.35. The molecule has 0 aliphatic heterocycles. The molecule has 4 aromatic heterocycles. The van der Waals surface area contributed by atoms with Crippen LogP contribution in [-0.4, -0.2) is 57.1 Å². The fourth-order valence-electron chi connectivity index (χ4n) is 2.99. The molecular formula is C20H26N12O2. The third kappa shape index (κ3) is 5.99. The Morgan fingerprint density at radius 3 is 2.12 bits per heavy atom. The van der Waals surface area contributed by atoms with E-state index in [0.717, 1.165) is 17.5 Å². The number of hydrogen-bond donors (Lipinski definition) is 5. The predicted octanol–water partition coefficient (Wildman–Crippen LogP) is 1.64. The van der Waals surface area contributed by atoms with Gasteiger partial charge in [0.2, 0.25) is 29.7 Å². The average Bonchev–Trinajstić information content (AvgIpc) is 3.55. The van der Waals surface area contributed by atoms with E-state index < -0.39 is 0 Å². The SMILES string of the molecule is CNc1nc(NCCc2ccoc2)nc(NN(CCc2ccoc2)c2nc(N)nc(NC)n2)n1. The topological polar surface area (TPSA) is 181 Å². The van der Waals surface area contributed by atoms with Gasteiger partial charge in [0, 0.05) is 27.2 Å². The number of nitrogens with two attached hydrogens (primary N) is 1. The van der Waals surface area contributed by atoms with Gasteiger partial charge in [-0.3, -0.25) is 10.4 Å². The molecule has 0 aromatic carbocycles. The number of aromatic nitrogens is 6. The van der Waals surface area contributed by atoms with Crippen LogP contribution in [0.15, 0.2) is 46.0 Å². The zero-order valence-corrected chi connectivity index (χ0v) is 18.8. The molecule has 6 N–H and O–H groups in total. The summed E-state index contributed by atoms with van der Waals surface area (Å²) < 4.78 is 10.3. The summed E-state index contributed by atoms with van der Waals surface area (Å²) in [5.74, 6) is 1.82. The van der Waals surface area contributed by atoms with E-state index in [1.165, 1.54) is 0 Å². The molecule has 0 bridgehead atoms. The van der Waals surface area contributed by atoms with E-state index in [-0.39, 0.29) is 5.95 Å². The van der Waals surface area contributed by atoms with Gasteiger partial charge in [-0.2, -0.15) is 29.9 Å². The lowest BCUT2D eigenvalue weighted by molar-refractivity contribution is 0.563. The van der Waals surface area contributed by atoms with E-state index in [1.54, 1.807) is 44.2 Å². The maximum absolute atomic E-state index is 5.88. The zero-order valence-electron chi connectivity index (χ0n) is 18.8. The molecule has 0 saturated carbocycles. The minimum Gasteiger partial charge on any atom is -0.472 e. The number of rotatable bonds is 12. The first-order valence-corrected chi connectivity index (χ1v) is 10.6. The Hall–Kier alpha value is -4.62. The highest BCUT2D eigenvalue weighted by Crippen LogP contribution is 2.16. The molecule has 0 spiro atoms. The molecule has 0 radical (unpaired) electrons. The number of nitrogens with zero attached hydrogens (tertiary/aromatic N) is 7. The fraction of sp³-hybridized carbons (Fsp3) is 0.300. The van der Waals surface area contributed by atoms with Crippen LogP contribution in [0.3, 0.4) is 0 Å². The first kappa shape index (κ1) is 22.6.